The van der Waals surface area contributed by atoms with Crippen LogP contribution in [0.5, 0.6) is 0 Å². The predicted molar refractivity (Wildman–Crippen MR) is 123 cm³/mol. The zero-order valence-corrected chi connectivity index (χ0v) is 17.4. The molecule has 0 bridgehead atoms. The Balaban J connectivity index is 1.44. The number of benzene rings is 3. The lowest BCUT2D eigenvalue weighted by Crippen LogP contribution is -2.22. The summed E-state index contributed by atoms with van der Waals surface area (Å²) < 4.78 is 0. The van der Waals surface area contributed by atoms with Crippen LogP contribution >= 0.6 is 0 Å². The summed E-state index contributed by atoms with van der Waals surface area (Å²) in [4.78, 5) is 24.3. The number of rotatable bonds is 8. The molecule has 5 nitrogen and oxygen atoms in total. The van der Waals surface area contributed by atoms with Gasteiger partial charge in [-0.3, -0.25) is 9.59 Å². The van der Waals surface area contributed by atoms with E-state index in [0.717, 1.165) is 16.8 Å². The van der Waals surface area contributed by atoms with Crippen molar-refractivity contribution in [3.63, 3.8) is 0 Å². The molecule has 0 fully saturated rings. The van der Waals surface area contributed by atoms with E-state index in [4.69, 9.17) is 0 Å². The number of hydrogen-bond acceptors (Lipinski definition) is 3. The maximum Gasteiger partial charge on any atom is 0.243 e. The smallest absolute Gasteiger partial charge is 0.243 e. The van der Waals surface area contributed by atoms with Crippen LogP contribution in [0.1, 0.15) is 23.1 Å². The number of amides is 2. The standard InChI is InChI=1S/C25H27N3O2/c1-18-8-14-23(19(2)16-18)26-17-25(30)28-22-12-10-21(11-13-22)27-24(29)15-9-20-6-4-3-5-7-20/h3-8,10-14,16,26H,9,15,17H2,1-2H3,(H,27,29)(H,28,30). The van der Waals surface area contributed by atoms with Gasteiger partial charge in [0.2, 0.25) is 11.8 Å². The molecule has 5 heteroatoms. The quantitative estimate of drug-likeness (QED) is 0.501. The lowest BCUT2D eigenvalue weighted by molar-refractivity contribution is -0.116. The van der Waals surface area contributed by atoms with Crippen molar-refractivity contribution in [3.05, 3.63) is 89.5 Å². The molecule has 0 spiro atoms. The fourth-order valence-electron chi connectivity index (χ4n) is 3.16. The zero-order chi connectivity index (χ0) is 21.3. The van der Waals surface area contributed by atoms with Crippen molar-refractivity contribution in [2.75, 3.05) is 22.5 Å². The molecular formula is C25H27N3O2. The Hall–Kier alpha value is -3.60. The van der Waals surface area contributed by atoms with E-state index in [1.165, 1.54) is 5.56 Å². The minimum absolute atomic E-state index is 0.0340. The van der Waals surface area contributed by atoms with Gasteiger partial charge in [-0.05, 0) is 61.7 Å². The van der Waals surface area contributed by atoms with Crippen LogP contribution in [-0.4, -0.2) is 18.4 Å². The van der Waals surface area contributed by atoms with Crippen molar-refractivity contribution in [2.24, 2.45) is 0 Å². The maximum absolute atomic E-state index is 12.2. The predicted octanol–water partition coefficient (Wildman–Crippen LogP) is 4.93. The SMILES string of the molecule is Cc1ccc(NCC(=O)Nc2ccc(NC(=O)CCc3ccccc3)cc2)c(C)c1. The van der Waals surface area contributed by atoms with Crippen molar-refractivity contribution < 1.29 is 9.59 Å². The molecule has 0 unspecified atom stereocenters. The van der Waals surface area contributed by atoms with Crippen molar-refractivity contribution in [1.82, 2.24) is 0 Å². The molecule has 3 N–H and O–H groups in total. The Kier molecular flexibility index (Phi) is 7.22. The average Bonchev–Trinajstić information content (AvgIpc) is 2.74. The van der Waals surface area contributed by atoms with E-state index in [1.54, 1.807) is 24.3 Å². The molecule has 0 aliphatic rings. The molecule has 0 aliphatic heterocycles. The second-order valence-electron chi connectivity index (χ2n) is 7.33. The van der Waals surface area contributed by atoms with Crippen LogP contribution in [0.3, 0.4) is 0 Å². The van der Waals surface area contributed by atoms with Gasteiger partial charge in [-0.1, -0.05) is 48.0 Å². The van der Waals surface area contributed by atoms with Crippen LogP contribution in [0.25, 0.3) is 0 Å². The monoisotopic (exact) mass is 401 g/mol. The molecule has 0 aliphatic carbocycles. The number of carbonyl (C=O) groups is 2. The largest absolute Gasteiger partial charge is 0.376 e. The van der Waals surface area contributed by atoms with Gasteiger partial charge in [0.1, 0.15) is 0 Å². The minimum atomic E-state index is -0.130. The van der Waals surface area contributed by atoms with Crippen molar-refractivity contribution in [3.8, 4) is 0 Å². The summed E-state index contributed by atoms with van der Waals surface area (Å²) in [5.74, 6) is -0.164. The highest BCUT2D eigenvalue weighted by Gasteiger charge is 2.06. The van der Waals surface area contributed by atoms with Gasteiger partial charge in [-0.25, -0.2) is 0 Å². The number of nitrogens with one attached hydrogen (secondary N) is 3. The maximum atomic E-state index is 12.2. The van der Waals surface area contributed by atoms with E-state index in [0.29, 0.717) is 24.2 Å². The Bertz CT molecular complexity index is 999. The van der Waals surface area contributed by atoms with Gasteiger partial charge in [0.15, 0.2) is 0 Å². The topological polar surface area (TPSA) is 70.2 Å². The van der Waals surface area contributed by atoms with E-state index < -0.39 is 0 Å². The summed E-state index contributed by atoms with van der Waals surface area (Å²) in [6.07, 6.45) is 1.13. The van der Waals surface area contributed by atoms with E-state index >= 15 is 0 Å². The van der Waals surface area contributed by atoms with Crippen LogP contribution in [0, 0.1) is 13.8 Å². The summed E-state index contributed by atoms with van der Waals surface area (Å²) >= 11 is 0. The number of anilines is 3. The first-order valence-corrected chi connectivity index (χ1v) is 10.0. The van der Waals surface area contributed by atoms with Crippen LogP contribution in [0.15, 0.2) is 72.8 Å². The van der Waals surface area contributed by atoms with Crippen LogP contribution < -0.4 is 16.0 Å². The number of hydrogen-bond donors (Lipinski definition) is 3. The van der Waals surface area contributed by atoms with Crippen molar-refractivity contribution >= 4 is 28.9 Å². The highest BCUT2D eigenvalue weighted by molar-refractivity contribution is 5.95. The molecule has 2 amide bonds. The lowest BCUT2D eigenvalue weighted by Gasteiger charge is -2.11. The number of carbonyl (C=O) groups excluding carboxylic acids is 2. The van der Waals surface area contributed by atoms with Gasteiger partial charge < -0.3 is 16.0 Å². The molecular weight excluding hydrogens is 374 g/mol. The van der Waals surface area contributed by atoms with Gasteiger partial charge in [0, 0.05) is 23.5 Å². The van der Waals surface area contributed by atoms with Crippen molar-refractivity contribution in [1.29, 1.82) is 0 Å². The van der Waals surface area contributed by atoms with Gasteiger partial charge in [-0.15, -0.1) is 0 Å². The van der Waals surface area contributed by atoms with Crippen LogP contribution in [-0.2, 0) is 16.0 Å². The fourth-order valence-corrected chi connectivity index (χ4v) is 3.16. The minimum Gasteiger partial charge on any atom is -0.376 e. The van der Waals surface area contributed by atoms with Gasteiger partial charge in [-0.2, -0.15) is 0 Å². The van der Waals surface area contributed by atoms with E-state index in [-0.39, 0.29) is 18.4 Å². The molecule has 0 heterocycles. The first kappa shape index (κ1) is 21.1. The molecule has 30 heavy (non-hydrogen) atoms. The summed E-state index contributed by atoms with van der Waals surface area (Å²) in [7, 11) is 0. The highest BCUT2D eigenvalue weighted by atomic mass is 16.2. The molecule has 0 radical (unpaired) electrons. The van der Waals surface area contributed by atoms with Gasteiger partial charge in [0.05, 0.1) is 6.54 Å². The normalized spacial score (nSPS) is 10.3. The molecule has 0 atom stereocenters. The Morgan fingerprint density at radius 3 is 2.03 bits per heavy atom. The molecule has 3 rings (SSSR count). The first-order valence-electron chi connectivity index (χ1n) is 10.0. The second-order valence-corrected chi connectivity index (χ2v) is 7.33. The Labute approximate surface area is 177 Å². The molecule has 3 aromatic rings. The molecule has 154 valence electrons. The van der Waals surface area contributed by atoms with E-state index in [9.17, 15) is 9.59 Å². The Morgan fingerprint density at radius 1 is 0.767 bits per heavy atom. The third-order valence-corrected chi connectivity index (χ3v) is 4.76. The van der Waals surface area contributed by atoms with Gasteiger partial charge >= 0.3 is 0 Å². The molecule has 0 saturated heterocycles. The summed E-state index contributed by atoms with van der Waals surface area (Å²) in [5.41, 5.74) is 5.78. The summed E-state index contributed by atoms with van der Waals surface area (Å²) in [6, 6.07) is 23.1. The summed E-state index contributed by atoms with van der Waals surface area (Å²) in [6.45, 7) is 4.24. The third kappa shape index (κ3) is 6.48. The van der Waals surface area contributed by atoms with Crippen LogP contribution in [0.2, 0.25) is 0 Å². The van der Waals surface area contributed by atoms with Gasteiger partial charge in [0.25, 0.3) is 0 Å². The third-order valence-electron chi connectivity index (χ3n) is 4.76. The molecule has 3 aromatic carbocycles. The van der Waals surface area contributed by atoms with E-state index in [2.05, 4.69) is 22.0 Å². The number of aryl methyl sites for hydroxylation is 3. The zero-order valence-electron chi connectivity index (χ0n) is 17.4. The van der Waals surface area contributed by atoms with Crippen molar-refractivity contribution in [2.45, 2.75) is 26.7 Å². The summed E-state index contributed by atoms with van der Waals surface area (Å²) in [5, 5.41) is 8.90. The fraction of sp³-hybridized carbons (Fsp3) is 0.200. The average molecular weight is 402 g/mol. The highest BCUT2D eigenvalue weighted by Crippen LogP contribution is 2.17. The lowest BCUT2D eigenvalue weighted by atomic mass is 10.1. The molecule has 0 saturated carbocycles. The Morgan fingerprint density at radius 2 is 1.40 bits per heavy atom. The first-order chi connectivity index (χ1) is 14.5. The van der Waals surface area contributed by atoms with E-state index in [1.807, 2.05) is 56.3 Å². The molecule has 0 aromatic heterocycles. The second kappa shape index (κ2) is 10.3. The van der Waals surface area contributed by atoms with Crippen LogP contribution in [0.4, 0.5) is 17.1 Å².